The molecule has 0 spiro atoms. The molecule has 0 saturated heterocycles. The molecule has 1 N–H and O–H groups in total. The van der Waals surface area contributed by atoms with Gasteiger partial charge in [0.15, 0.2) is 0 Å². The Morgan fingerprint density at radius 1 is 1.07 bits per heavy atom. The van der Waals surface area contributed by atoms with Crippen LogP contribution in [0.3, 0.4) is 0 Å². The Morgan fingerprint density at radius 2 is 1.67 bits per heavy atom. The third-order valence-corrected chi connectivity index (χ3v) is 4.83. The predicted molar refractivity (Wildman–Crippen MR) is 105 cm³/mol. The van der Waals surface area contributed by atoms with Gasteiger partial charge in [0.25, 0.3) is 11.8 Å². The van der Waals surface area contributed by atoms with Gasteiger partial charge >= 0.3 is 0 Å². The minimum Gasteiger partial charge on any atom is -0.323 e. The highest BCUT2D eigenvalue weighted by atomic mass is 35.5. The van der Waals surface area contributed by atoms with Crippen molar-refractivity contribution in [2.75, 3.05) is 5.32 Å². The van der Waals surface area contributed by atoms with Gasteiger partial charge in [0.1, 0.15) is 6.04 Å². The first-order valence-electron chi connectivity index (χ1n) is 8.83. The molecule has 1 aliphatic rings. The minimum absolute atomic E-state index is 0.110. The van der Waals surface area contributed by atoms with E-state index in [1.54, 1.807) is 36.4 Å². The normalized spacial score (nSPS) is 14.5. The fourth-order valence-electron chi connectivity index (χ4n) is 3.20. The molecule has 0 bridgehead atoms. The van der Waals surface area contributed by atoms with E-state index in [-0.39, 0.29) is 5.92 Å². The van der Waals surface area contributed by atoms with E-state index in [1.807, 2.05) is 26.8 Å². The number of imide groups is 1. The van der Waals surface area contributed by atoms with Crippen LogP contribution in [-0.2, 0) is 4.79 Å². The summed E-state index contributed by atoms with van der Waals surface area (Å²) < 4.78 is 0. The molecule has 0 aliphatic carbocycles. The Balaban J connectivity index is 1.91. The Hall–Kier alpha value is -2.66. The Labute approximate surface area is 163 Å². The summed E-state index contributed by atoms with van der Waals surface area (Å²) in [5.41, 5.74) is 2.09. The van der Waals surface area contributed by atoms with Crippen molar-refractivity contribution < 1.29 is 14.4 Å². The third kappa shape index (κ3) is 3.74. The lowest BCUT2D eigenvalue weighted by atomic mass is 10.0. The Bertz CT molecular complexity index is 888. The van der Waals surface area contributed by atoms with Crippen molar-refractivity contribution in [3.05, 3.63) is 64.2 Å². The number of anilines is 1. The van der Waals surface area contributed by atoms with Crippen LogP contribution in [-0.4, -0.2) is 28.7 Å². The monoisotopic (exact) mass is 384 g/mol. The second kappa shape index (κ2) is 7.53. The summed E-state index contributed by atoms with van der Waals surface area (Å²) in [5, 5.41) is 3.18. The molecule has 0 radical (unpaired) electrons. The molecule has 0 unspecified atom stereocenters. The average Bonchev–Trinajstić information content (AvgIpc) is 2.86. The van der Waals surface area contributed by atoms with Crippen molar-refractivity contribution in [3.8, 4) is 0 Å². The zero-order valence-corrected chi connectivity index (χ0v) is 16.2. The molecule has 2 aromatic rings. The molecule has 2 aromatic carbocycles. The number of carbonyl (C=O) groups is 3. The summed E-state index contributed by atoms with van der Waals surface area (Å²) in [5.74, 6) is -1.19. The minimum atomic E-state index is -0.908. The van der Waals surface area contributed by atoms with E-state index in [2.05, 4.69) is 5.32 Å². The van der Waals surface area contributed by atoms with Crippen LogP contribution in [0.25, 0.3) is 0 Å². The van der Waals surface area contributed by atoms with Crippen LogP contribution >= 0.6 is 11.6 Å². The summed E-state index contributed by atoms with van der Waals surface area (Å²) in [6, 6.07) is 11.0. The first-order chi connectivity index (χ1) is 12.8. The molecule has 3 rings (SSSR count). The zero-order chi connectivity index (χ0) is 19.7. The molecule has 6 heteroatoms. The maximum atomic E-state index is 13.0. The van der Waals surface area contributed by atoms with Gasteiger partial charge in [0.05, 0.1) is 21.8 Å². The second-order valence-corrected chi connectivity index (χ2v) is 7.55. The largest absolute Gasteiger partial charge is 0.323 e. The lowest BCUT2D eigenvalue weighted by molar-refractivity contribution is -0.120. The number of hydrogen-bond donors (Lipinski definition) is 1. The Morgan fingerprint density at radius 3 is 2.19 bits per heavy atom. The SMILES string of the molecule is Cc1ccc(NC(=O)[C@@H](CC(C)C)N2C(=O)c3ccccc3C2=O)c(Cl)c1. The number of fused-ring (bicyclic) bond motifs is 1. The van der Waals surface area contributed by atoms with Crippen LogP contribution in [0.5, 0.6) is 0 Å². The van der Waals surface area contributed by atoms with Gasteiger partial charge in [-0.25, -0.2) is 0 Å². The number of halogens is 1. The first kappa shape index (κ1) is 19.1. The molecule has 1 heterocycles. The van der Waals surface area contributed by atoms with Crippen molar-refractivity contribution in [1.82, 2.24) is 4.90 Å². The summed E-state index contributed by atoms with van der Waals surface area (Å²) >= 11 is 6.21. The van der Waals surface area contributed by atoms with Crippen LogP contribution < -0.4 is 5.32 Å². The van der Waals surface area contributed by atoms with E-state index >= 15 is 0 Å². The molecule has 140 valence electrons. The smallest absolute Gasteiger partial charge is 0.262 e. The average molecular weight is 385 g/mol. The lowest BCUT2D eigenvalue weighted by Crippen LogP contribution is -2.48. The molecular formula is C21H21ClN2O3. The third-order valence-electron chi connectivity index (χ3n) is 4.52. The van der Waals surface area contributed by atoms with Crippen molar-refractivity contribution in [3.63, 3.8) is 0 Å². The van der Waals surface area contributed by atoms with Crippen molar-refractivity contribution in [2.45, 2.75) is 33.2 Å². The quantitative estimate of drug-likeness (QED) is 0.781. The molecule has 3 amide bonds. The lowest BCUT2D eigenvalue weighted by Gasteiger charge is -2.27. The number of carbonyl (C=O) groups excluding carboxylic acids is 3. The number of benzene rings is 2. The van der Waals surface area contributed by atoms with E-state index in [0.717, 1.165) is 10.5 Å². The van der Waals surface area contributed by atoms with E-state index < -0.39 is 23.8 Å². The molecule has 27 heavy (non-hydrogen) atoms. The highest BCUT2D eigenvalue weighted by Gasteiger charge is 2.42. The van der Waals surface area contributed by atoms with Gasteiger partial charge < -0.3 is 5.32 Å². The fourth-order valence-corrected chi connectivity index (χ4v) is 3.49. The standard InChI is InChI=1S/C21H21ClN2O3/c1-12(2)10-18(19(25)23-17-9-8-13(3)11-16(17)22)24-20(26)14-6-4-5-7-15(14)21(24)27/h4-9,11-12,18H,10H2,1-3H3,(H,23,25)/t18-/m1/s1. The highest BCUT2D eigenvalue weighted by Crippen LogP contribution is 2.29. The maximum Gasteiger partial charge on any atom is 0.262 e. The van der Waals surface area contributed by atoms with E-state index in [1.165, 1.54) is 0 Å². The number of amides is 3. The number of nitrogens with zero attached hydrogens (tertiary/aromatic N) is 1. The number of rotatable bonds is 5. The number of nitrogens with one attached hydrogen (secondary N) is 1. The fraction of sp³-hybridized carbons (Fsp3) is 0.286. The van der Waals surface area contributed by atoms with Gasteiger partial charge in [0.2, 0.25) is 5.91 Å². The van der Waals surface area contributed by atoms with Gasteiger partial charge in [-0.15, -0.1) is 0 Å². The summed E-state index contributed by atoms with van der Waals surface area (Å²) in [7, 11) is 0. The maximum absolute atomic E-state index is 13.0. The molecule has 1 aliphatic heterocycles. The summed E-state index contributed by atoms with van der Waals surface area (Å²) in [6.45, 7) is 5.78. The predicted octanol–water partition coefficient (Wildman–Crippen LogP) is 4.30. The van der Waals surface area contributed by atoms with E-state index in [9.17, 15) is 14.4 Å². The van der Waals surface area contributed by atoms with E-state index in [4.69, 9.17) is 11.6 Å². The molecule has 5 nitrogen and oxygen atoms in total. The van der Waals surface area contributed by atoms with Gasteiger partial charge in [-0.1, -0.05) is 43.6 Å². The first-order valence-corrected chi connectivity index (χ1v) is 9.21. The zero-order valence-electron chi connectivity index (χ0n) is 15.5. The molecule has 0 fully saturated rings. The van der Waals surface area contributed by atoms with Crippen LogP contribution in [0.15, 0.2) is 42.5 Å². The van der Waals surface area contributed by atoms with Crippen molar-refractivity contribution >= 4 is 35.0 Å². The Kier molecular flexibility index (Phi) is 5.33. The van der Waals surface area contributed by atoms with Gasteiger partial charge in [0, 0.05) is 0 Å². The van der Waals surface area contributed by atoms with Crippen LogP contribution in [0.4, 0.5) is 5.69 Å². The van der Waals surface area contributed by atoms with Crippen LogP contribution in [0, 0.1) is 12.8 Å². The summed E-state index contributed by atoms with van der Waals surface area (Å²) in [6.07, 6.45) is 0.362. The highest BCUT2D eigenvalue weighted by molar-refractivity contribution is 6.34. The topological polar surface area (TPSA) is 66.5 Å². The van der Waals surface area contributed by atoms with Crippen LogP contribution in [0.2, 0.25) is 5.02 Å². The molecular weight excluding hydrogens is 364 g/mol. The van der Waals surface area contributed by atoms with Gasteiger partial charge in [-0.3, -0.25) is 19.3 Å². The van der Waals surface area contributed by atoms with Crippen LogP contribution in [0.1, 0.15) is 46.5 Å². The number of hydrogen-bond acceptors (Lipinski definition) is 3. The van der Waals surface area contributed by atoms with Gasteiger partial charge in [-0.2, -0.15) is 0 Å². The van der Waals surface area contributed by atoms with Crippen molar-refractivity contribution in [1.29, 1.82) is 0 Å². The van der Waals surface area contributed by atoms with Crippen molar-refractivity contribution in [2.24, 2.45) is 5.92 Å². The number of aryl methyl sites for hydroxylation is 1. The van der Waals surface area contributed by atoms with E-state index in [0.29, 0.717) is 28.3 Å². The summed E-state index contributed by atoms with van der Waals surface area (Å²) in [4.78, 5) is 39.7. The molecule has 0 saturated carbocycles. The van der Waals surface area contributed by atoms with Gasteiger partial charge in [-0.05, 0) is 49.1 Å². The second-order valence-electron chi connectivity index (χ2n) is 7.14. The molecule has 0 aromatic heterocycles. The molecule has 1 atom stereocenters.